The minimum Gasteiger partial charge on any atom is -0.449 e. The van der Waals surface area contributed by atoms with Gasteiger partial charge in [-0.2, -0.15) is 0 Å². The van der Waals surface area contributed by atoms with Crippen LogP contribution in [0.5, 0.6) is 0 Å². The van der Waals surface area contributed by atoms with Gasteiger partial charge < -0.3 is 10.1 Å². The Morgan fingerprint density at radius 1 is 1.00 bits per heavy atom. The molecule has 0 fully saturated rings. The number of benzene rings is 2. The van der Waals surface area contributed by atoms with Crippen molar-refractivity contribution in [2.45, 2.75) is 13.0 Å². The van der Waals surface area contributed by atoms with E-state index >= 15 is 0 Å². The van der Waals surface area contributed by atoms with E-state index in [4.69, 9.17) is 4.74 Å². The van der Waals surface area contributed by atoms with Crippen LogP contribution in [0.15, 0.2) is 60.7 Å². The number of carbonyl (C=O) groups is 3. The maximum atomic E-state index is 12.8. The monoisotopic (exact) mass is 377 g/mol. The van der Waals surface area contributed by atoms with Crippen LogP contribution in [-0.4, -0.2) is 36.0 Å². The Kier molecular flexibility index (Phi) is 5.64. The molecule has 2 N–H and O–H groups in total. The molecule has 1 aromatic heterocycles. The summed E-state index contributed by atoms with van der Waals surface area (Å²) in [6, 6.07) is 17.6. The Balaban J connectivity index is 1.94. The van der Waals surface area contributed by atoms with Crippen LogP contribution in [0.3, 0.4) is 0 Å². The second kappa shape index (κ2) is 8.30. The number of amides is 3. The number of ether oxygens (including phenoxy) is 1. The van der Waals surface area contributed by atoms with E-state index in [-0.39, 0.29) is 0 Å². The molecule has 0 aliphatic heterocycles. The van der Waals surface area contributed by atoms with E-state index in [0.29, 0.717) is 22.2 Å². The number of rotatable bonds is 4. The van der Waals surface area contributed by atoms with Gasteiger partial charge in [0.25, 0.3) is 5.91 Å². The molecule has 28 heavy (non-hydrogen) atoms. The van der Waals surface area contributed by atoms with Gasteiger partial charge in [-0.05, 0) is 19.1 Å². The number of nitrogens with zero attached hydrogens (tertiary/aromatic N) is 1. The lowest BCUT2D eigenvalue weighted by atomic mass is 10.0. The summed E-state index contributed by atoms with van der Waals surface area (Å²) < 4.78 is 5.28. The number of aromatic nitrogens is 1. The molecule has 142 valence electrons. The fourth-order valence-corrected chi connectivity index (χ4v) is 2.65. The third-order valence-electron chi connectivity index (χ3n) is 4.12. The summed E-state index contributed by atoms with van der Waals surface area (Å²) in [5.41, 5.74) is 2.41. The number of hydrogen-bond donors (Lipinski definition) is 2. The Morgan fingerprint density at radius 2 is 1.68 bits per heavy atom. The first-order valence-electron chi connectivity index (χ1n) is 8.68. The molecule has 0 aliphatic carbocycles. The first kappa shape index (κ1) is 19.0. The van der Waals surface area contributed by atoms with Crippen molar-refractivity contribution in [1.82, 2.24) is 15.6 Å². The van der Waals surface area contributed by atoms with Crippen molar-refractivity contribution in [2.75, 3.05) is 7.05 Å². The number of nitrogens with one attached hydrogen (secondary N) is 2. The topological polar surface area (TPSA) is 97.4 Å². The molecule has 7 nitrogen and oxygen atoms in total. The zero-order valence-electron chi connectivity index (χ0n) is 15.4. The van der Waals surface area contributed by atoms with Crippen molar-refractivity contribution >= 4 is 28.8 Å². The normalized spacial score (nSPS) is 11.5. The number of hydrogen-bond acceptors (Lipinski definition) is 5. The molecule has 0 saturated carbocycles. The lowest BCUT2D eigenvalue weighted by Gasteiger charge is -2.14. The van der Waals surface area contributed by atoms with Crippen molar-refractivity contribution in [3.8, 4) is 11.3 Å². The number of imide groups is 1. The number of carbonyl (C=O) groups excluding carboxylic acids is 3. The fraction of sp³-hybridized carbons (Fsp3) is 0.143. The predicted octanol–water partition coefficient (Wildman–Crippen LogP) is 2.90. The van der Waals surface area contributed by atoms with Gasteiger partial charge >= 0.3 is 12.0 Å². The Bertz CT molecular complexity index is 1030. The average Bonchev–Trinajstić information content (AvgIpc) is 2.73. The largest absolute Gasteiger partial charge is 0.449 e. The van der Waals surface area contributed by atoms with Gasteiger partial charge in [0, 0.05) is 18.0 Å². The Hall–Kier alpha value is -3.74. The van der Waals surface area contributed by atoms with Gasteiger partial charge in [-0.25, -0.2) is 14.6 Å². The van der Waals surface area contributed by atoms with E-state index in [2.05, 4.69) is 15.6 Å². The van der Waals surface area contributed by atoms with Crippen LogP contribution in [0.2, 0.25) is 0 Å². The highest BCUT2D eigenvalue weighted by molar-refractivity contribution is 6.06. The van der Waals surface area contributed by atoms with Crippen LogP contribution in [-0.2, 0) is 9.53 Å². The predicted molar refractivity (Wildman–Crippen MR) is 105 cm³/mol. The fourth-order valence-electron chi connectivity index (χ4n) is 2.65. The number of urea groups is 1. The van der Waals surface area contributed by atoms with E-state index in [9.17, 15) is 14.4 Å². The van der Waals surface area contributed by atoms with Gasteiger partial charge in [-0.15, -0.1) is 0 Å². The summed E-state index contributed by atoms with van der Waals surface area (Å²) in [6.45, 7) is 1.40. The van der Waals surface area contributed by atoms with Crippen molar-refractivity contribution in [1.29, 1.82) is 0 Å². The molecule has 7 heteroatoms. The number of para-hydroxylation sites is 1. The van der Waals surface area contributed by atoms with Crippen molar-refractivity contribution in [3.05, 3.63) is 66.2 Å². The molecule has 2 aromatic carbocycles. The van der Waals surface area contributed by atoms with Crippen molar-refractivity contribution in [3.63, 3.8) is 0 Å². The van der Waals surface area contributed by atoms with Crippen molar-refractivity contribution in [2.24, 2.45) is 0 Å². The summed E-state index contributed by atoms with van der Waals surface area (Å²) in [4.78, 5) is 40.6. The van der Waals surface area contributed by atoms with Crippen LogP contribution in [0.4, 0.5) is 4.79 Å². The lowest BCUT2D eigenvalue weighted by molar-refractivity contribution is -0.127. The van der Waals surface area contributed by atoms with E-state index in [1.807, 2.05) is 36.4 Å². The van der Waals surface area contributed by atoms with Crippen LogP contribution < -0.4 is 10.6 Å². The molecule has 1 heterocycles. The summed E-state index contributed by atoms with van der Waals surface area (Å²) >= 11 is 0. The van der Waals surface area contributed by atoms with Crippen LogP contribution in [0.1, 0.15) is 17.3 Å². The molecule has 1 atom stereocenters. The molecule has 0 radical (unpaired) electrons. The van der Waals surface area contributed by atoms with Crippen LogP contribution in [0.25, 0.3) is 22.2 Å². The van der Waals surface area contributed by atoms with E-state index < -0.39 is 24.0 Å². The summed E-state index contributed by atoms with van der Waals surface area (Å²) in [5, 5.41) is 4.96. The van der Waals surface area contributed by atoms with Crippen molar-refractivity contribution < 1.29 is 19.1 Å². The summed E-state index contributed by atoms with van der Waals surface area (Å²) in [5.74, 6) is -1.38. The molecule has 0 spiro atoms. The second-order valence-corrected chi connectivity index (χ2v) is 6.05. The molecule has 3 aromatic rings. The van der Waals surface area contributed by atoms with Gasteiger partial charge in [0.15, 0.2) is 6.10 Å². The standard InChI is InChI=1S/C21H19N3O4/c1-13(19(25)24-21(27)22-2)28-20(26)16-12-18(14-8-4-3-5-9-14)23-17-11-7-6-10-15(16)17/h3-13H,1-2H3,(H2,22,24,25,27). The summed E-state index contributed by atoms with van der Waals surface area (Å²) in [6.07, 6.45) is -1.14. The zero-order valence-corrected chi connectivity index (χ0v) is 15.4. The molecular weight excluding hydrogens is 358 g/mol. The highest BCUT2D eigenvalue weighted by Crippen LogP contribution is 2.25. The van der Waals surface area contributed by atoms with Crippen LogP contribution >= 0.6 is 0 Å². The molecule has 0 saturated heterocycles. The minimum absolute atomic E-state index is 0.295. The molecule has 3 rings (SSSR count). The minimum atomic E-state index is -1.14. The highest BCUT2D eigenvalue weighted by atomic mass is 16.5. The molecular formula is C21H19N3O4. The maximum absolute atomic E-state index is 12.8. The number of pyridine rings is 1. The summed E-state index contributed by atoms with van der Waals surface area (Å²) in [7, 11) is 1.38. The Labute approximate surface area is 161 Å². The quantitative estimate of drug-likeness (QED) is 0.682. The van der Waals surface area contributed by atoms with Gasteiger partial charge in [0.05, 0.1) is 16.8 Å². The number of esters is 1. The van der Waals surface area contributed by atoms with Gasteiger partial charge in [0.2, 0.25) is 0 Å². The zero-order chi connectivity index (χ0) is 20.1. The van der Waals surface area contributed by atoms with E-state index in [1.54, 1.807) is 24.3 Å². The third kappa shape index (κ3) is 4.15. The highest BCUT2D eigenvalue weighted by Gasteiger charge is 2.22. The lowest BCUT2D eigenvalue weighted by Crippen LogP contribution is -2.43. The third-order valence-corrected chi connectivity index (χ3v) is 4.12. The molecule has 3 amide bonds. The van der Waals surface area contributed by atoms with Gasteiger partial charge in [0.1, 0.15) is 0 Å². The average molecular weight is 377 g/mol. The smallest absolute Gasteiger partial charge is 0.339 e. The Morgan fingerprint density at radius 3 is 2.39 bits per heavy atom. The molecule has 0 bridgehead atoms. The number of fused-ring (bicyclic) bond motifs is 1. The SMILES string of the molecule is CNC(=O)NC(=O)C(C)OC(=O)c1cc(-c2ccccc2)nc2ccccc12. The first-order valence-corrected chi connectivity index (χ1v) is 8.68. The first-order chi connectivity index (χ1) is 13.5. The van der Waals surface area contributed by atoms with Gasteiger partial charge in [-0.3, -0.25) is 10.1 Å². The maximum Gasteiger partial charge on any atom is 0.339 e. The van der Waals surface area contributed by atoms with Crippen LogP contribution in [0, 0.1) is 0 Å². The van der Waals surface area contributed by atoms with E-state index in [0.717, 1.165) is 5.56 Å². The molecule has 1 unspecified atom stereocenters. The van der Waals surface area contributed by atoms with E-state index in [1.165, 1.54) is 14.0 Å². The molecule has 0 aliphatic rings. The van der Waals surface area contributed by atoms with Gasteiger partial charge in [-0.1, -0.05) is 48.5 Å². The second-order valence-electron chi connectivity index (χ2n) is 6.05.